The van der Waals surface area contributed by atoms with Crippen LogP contribution in [0, 0.1) is 5.82 Å². The van der Waals surface area contributed by atoms with Gasteiger partial charge in [-0.1, -0.05) is 35.5 Å². The smallest absolute Gasteiger partial charge is 0.234 e. The minimum absolute atomic E-state index is 0.0898. The van der Waals surface area contributed by atoms with Crippen LogP contribution in [0.25, 0.3) is 0 Å². The Morgan fingerprint density at radius 1 is 1.25 bits per heavy atom. The van der Waals surface area contributed by atoms with E-state index in [1.807, 2.05) is 19.1 Å². The van der Waals surface area contributed by atoms with Crippen LogP contribution in [0.15, 0.2) is 53.5 Å². The SMILES string of the molecule is CCNC(=O)C1CC(=O)N(Cc2ccc(Cl)cc2)C(=Nc2ccc(F)cc2)S1. The molecule has 0 aromatic heterocycles. The van der Waals surface area contributed by atoms with Crippen LogP contribution in [-0.4, -0.2) is 33.7 Å². The van der Waals surface area contributed by atoms with Gasteiger partial charge < -0.3 is 5.32 Å². The molecule has 2 aromatic rings. The van der Waals surface area contributed by atoms with E-state index < -0.39 is 5.25 Å². The summed E-state index contributed by atoms with van der Waals surface area (Å²) in [5, 5.41) is 3.22. The van der Waals surface area contributed by atoms with Crippen molar-refractivity contribution in [1.29, 1.82) is 0 Å². The van der Waals surface area contributed by atoms with Crippen molar-refractivity contribution in [3.05, 3.63) is 64.9 Å². The molecule has 1 heterocycles. The average molecular weight is 420 g/mol. The molecule has 0 spiro atoms. The van der Waals surface area contributed by atoms with E-state index in [0.717, 1.165) is 5.56 Å². The van der Waals surface area contributed by atoms with Gasteiger partial charge in [-0.05, 0) is 48.9 Å². The van der Waals surface area contributed by atoms with Crippen LogP contribution in [0.3, 0.4) is 0 Å². The van der Waals surface area contributed by atoms with Gasteiger partial charge in [0.2, 0.25) is 11.8 Å². The number of rotatable bonds is 5. The van der Waals surface area contributed by atoms with E-state index in [1.54, 1.807) is 17.0 Å². The normalized spacial score (nSPS) is 18.4. The number of aliphatic imine (C=N–C) groups is 1. The first-order chi connectivity index (χ1) is 13.5. The van der Waals surface area contributed by atoms with Crippen molar-refractivity contribution in [3.63, 3.8) is 0 Å². The fraction of sp³-hybridized carbons (Fsp3) is 0.250. The molecule has 0 radical (unpaired) electrons. The van der Waals surface area contributed by atoms with E-state index in [4.69, 9.17) is 11.6 Å². The maximum absolute atomic E-state index is 13.2. The Kier molecular flexibility index (Phi) is 6.70. The molecule has 5 nitrogen and oxygen atoms in total. The van der Waals surface area contributed by atoms with E-state index in [1.165, 1.54) is 36.0 Å². The highest BCUT2D eigenvalue weighted by Crippen LogP contribution is 2.30. The lowest BCUT2D eigenvalue weighted by molar-refractivity contribution is -0.130. The van der Waals surface area contributed by atoms with Crippen molar-refractivity contribution >= 4 is 46.0 Å². The van der Waals surface area contributed by atoms with Gasteiger partial charge in [0, 0.05) is 18.0 Å². The third kappa shape index (κ3) is 5.11. The summed E-state index contributed by atoms with van der Waals surface area (Å²) in [6, 6.07) is 12.9. The second kappa shape index (κ2) is 9.21. The summed E-state index contributed by atoms with van der Waals surface area (Å²) >= 11 is 7.17. The Balaban J connectivity index is 1.90. The van der Waals surface area contributed by atoms with Crippen molar-refractivity contribution in [1.82, 2.24) is 10.2 Å². The number of hydrogen-bond donors (Lipinski definition) is 1. The predicted molar refractivity (Wildman–Crippen MR) is 110 cm³/mol. The Morgan fingerprint density at radius 2 is 1.93 bits per heavy atom. The van der Waals surface area contributed by atoms with Gasteiger partial charge in [0.1, 0.15) is 5.82 Å². The van der Waals surface area contributed by atoms with Gasteiger partial charge in [0.05, 0.1) is 17.5 Å². The molecular formula is C20H19ClFN3O2S. The zero-order valence-corrected chi connectivity index (χ0v) is 16.8. The van der Waals surface area contributed by atoms with Crippen molar-refractivity contribution < 1.29 is 14.0 Å². The van der Waals surface area contributed by atoms with Gasteiger partial charge in [-0.25, -0.2) is 9.38 Å². The Bertz CT molecular complexity index is 887. The van der Waals surface area contributed by atoms with Crippen molar-refractivity contribution in [2.75, 3.05) is 6.54 Å². The third-order valence-electron chi connectivity index (χ3n) is 4.09. The minimum atomic E-state index is -0.548. The van der Waals surface area contributed by atoms with Crippen LogP contribution in [0.1, 0.15) is 18.9 Å². The Morgan fingerprint density at radius 3 is 2.57 bits per heavy atom. The molecule has 1 atom stereocenters. The number of nitrogens with zero attached hydrogens (tertiary/aromatic N) is 2. The molecule has 2 amide bonds. The number of nitrogens with one attached hydrogen (secondary N) is 1. The fourth-order valence-electron chi connectivity index (χ4n) is 2.68. The highest BCUT2D eigenvalue weighted by Gasteiger charge is 2.35. The number of carbonyl (C=O) groups excluding carboxylic acids is 2. The monoisotopic (exact) mass is 419 g/mol. The molecule has 28 heavy (non-hydrogen) atoms. The van der Waals surface area contributed by atoms with Crippen LogP contribution in [0.4, 0.5) is 10.1 Å². The summed E-state index contributed by atoms with van der Waals surface area (Å²) in [5.41, 5.74) is 1.40. The summed E-state index contributed by atoms with van der Waals surface area (Å²) in [4.78, 5) is 31.1. The zero-order chi connectivity index (χ0) is 20.1. The minimum Gasteiger partial charge on any atom is -0.355 e. The van der Waals surface area contributed by atoms with Gasteiger partial charge in [0.15, 0.2) is 5.17 Å². The first-order valence-electron chi connectivity index (χ1n) is 8.79. The van der Waals surface area contributed by atoms with E-state index in [0.29, 0.717) is 29.0 Å². The molecule has 3 rings (SSSR count). The predicted octanol–water partition coefficient (Wildman–Crippen LogP) is 4.14. The van der Waals surface area contributed by atoms with E-state index in [9.17, 15) is 14.0 Å². The van der Waals surface area contributed by atoms with Crippen LogP contribution in [0.5, 0.6) is 0 Å². The van der Waals surface area contributed by atoms with Crippen LogP contribution in [0.2, 0.25) is 5.02 Å². The molecular weight excluding hydrogens is 401 g/mol. The van der Waals surface area contributed by atoms with Crippen molar-refractivity contribution in [2.45, 2.75) is 25.1 Å². The molecule has 0 aliphatic carbocycles. The first-order valence-corrected chi connectivity index (χ1v) is 10.1. The van der Waals surface area contributed by atoms with Gasteiger partial charge in [0.25, 0.3) is 0 Å². The lowest BCUT2D eigenvalue weighted by Crippen LogP contribution is -2.46. The lowest BCUT2D eigenvalue weighted by atomic mass is 10.2. The highest BCUT2D eigenvalue weighted by molar-refractivity contribution is 8.15. The standard InChI is InChI=1S/C20H19ClFN3O2S/c1-2-23-19(27)17-11-18(26)25(12-13-3-5-14(21)6-4-13)20(28-17)24-16-9-7-15(22)8-10-16/h3-10,17H,2,11-12H2,1H3,(H,23,27). The number of carbonyl (C=O) groups is 2. The first kappa shape index (κ1) is 20.4. The van der Waals surface area contributed by atoms with Gasteiger partial charge in [-0.3, -0.25) is 14.5 Å². The summed E-state index contributed by atoms with van der Waals surface area (Å²) in [6.07, 6.45) is 0.0898. The molecule has 146 valence electrons. The summed E-state index contributed by atoms with van der Waals surface area (Å²) in [5.74, 6) is -0.751. The molecule has 1 fully saturated rings. The second-order valence-corrected chi connectivity index (χ2v) is 7.79. The molecule has 1 aliphatic heterocycles. The number of thioether (sulfide) groups is 1. The van der Waals surface area contributed by atoms with Gasteiger partial charge >= 0.3 is 0 Å². The topological polar surface area (TPSA) is 61.8 Å². The molecule has 2 aromatic carbocycles. The van der Waals surface area contributed by atoms with Crippen molar-refractivity contribution in [2.24, 2.45) is 4.99 Å². The van der Waals surface area contributed by atoms with E-state index in [-0.39, 0.29) is 24.1 Å². The molecule has 8 heteroatoms. The van der Waals surface area contributed by atoms with Crippen LogP contribution in [-0.2, 0) is 16.1 Å². The third-order valence-corrected chi connectivity index (χ3v) is 5.53. The number of benzene rings is 2. The Labute approximate surface area is 172 Å². The van der Waals surface area contributed by atoms with Crippen molar-refractivity contribution in [3.8, 4) is 0 Å². The molecule has 0 bridgehead atoms. The van der Waals surface area contributed by atoms with Crippen LogP contribution < -0.4 is 5.32 Å². The maximum atomic E-state index is 13.2. The molecule has 1 unspecified atom stereocenters. The zero-order valence-electron chi connectivity index (χ0n) is 15.2. The van der Waals surface area contributed by atoms with Crippen LogP contribution >= 0.6 is 23.4 Å². The van der Waals surface area contributed by atoms with Gasteiger partial charge in [-0.15, -0.1) is 0 Å². The number of hydrogen-bond acceptors (Lipinski definition) is 4. The summed E-state index contributed by atoms with van der Waals surface area (Å²) in [7, 11) is 0. The number of halogens is 2. The number of amidine groups is 1. The highest BCUT2D eigenvalue weighted by atomic mass is 35.5. The van der Waals surface area contributed by atoms with Gasteiger partial charge in [-0.2, -0.15) is 0 Å². The molecule has 0 saturated carbocycles. The summed E-state index contributed by atoms with van der Waals surface area (Å²) < 4.78 is 13.2. The van der Waals surface area contributed by atoms with E-state index in [2.05, 4.69) is 10.3 Å². The largest absolute Gasteiger partial charge is 0.355 e. The summed E-state index contributed by atoms with van der Waals surface area (Å²) in [6.45, 7) is 2.63. The maximum Gasteiger partial charge on any atom is 0.234 e. The number of amides is 2. The fourth-order valence-corrected chi connectivity index (χ4v) is 3.93. The average Bonchev–Trinajstić information content (AvgIpc) is 2.67. The lowest BCUT2D eigenvalue weighted by Gasteiger charge is -2.31. The molecule has 1 saturated heterocycles. The quantitative estimate of drug-likeness (QED) is 0.792. The second-order valence-electron chi connectivity index (χ2n) is 6.18. The Hall–Kier alpha value is -2.38. The molecule has 1 N–H and O–H groups in total. The molecule has 1 aliphatic rings. The van der Waals surface area contributed by atoms with E-state index >= 15 is 0 Å².